The molecule has 0 spiro atoms. The summed E-state index contributed by atoms with van der Waals surface area (Å²) in [7, 11) is 0. The molecule has 1 aliphatic carbocycles. The van der Waals surface area contributed by atoms with Gasteiger partial charge < -0.3 is 16.2 Å². The summed E-state index contributed by atoms with van der Waals surface area (Å²) < 4.78 is 0. The van der Waals surface area contributed by atoms with Gasteiger partial charge in [0.15, 0.2) is 5.69 Å². The Balaban J connectivity index is 1.98. The van der Waals surface area contributed by atoms with Crippen LogP contribution in [0, 0.1) is 11.8 Å². The van der Waals surface area contributed by atoms with Crippen LogP contribution in [-0.4, -0.2) is 22.6 Å². The van der Waals surface area contributed by atoms with E-state index in [1.165, 1.54) is 31.7 Å². The lowest BCUT2D eigenvalue weighted by atomic mass is 9.82. The SMILES string of the molecule is CC1CCCC(CNc2nc(C(=O)O)ccc2N)C1. The molecule has 1 fully saturated rings. The van der Waals surface area contributed by atoms with Gasteiger partial charge in [-0.05, 0) is 36.8 Å². The van der Waals surface area contributed by atoms with Crippen molar-refractivity contribution in [3.63, 3.8) is 0 Å². The third kappa shape index (κ3) is 3.59. The first-order valence-electron chi connectivity index (χ1n) is 6.80. The molecule has 0 radical (unpaired) electrons. The van der Waals surface area contributed by atoms with Crippen LogP contribution in [0.5, 0.6) is 0 Å². The highest BCUT2D eigenvalue weighted by atomic mass is 16.4. The van der Waals surface area contributed by atoms with Crippen molar-refractivity contribution in [3.8, 4) is 0 Å². The molecular weight excluding hydrogens is 242 g/mol. The number of carboxylic acid groups (broad SMARTS) is 1. The van der Waals surface area contributed by atoms with Gasteiger partial charge in [-0.2, -0.15) is 0 Å². The summed E-state index contributed by atoms with van der Waals surface area (Å²) in [4.78, 5) is 14.9. The molecule has 0 amide bonds. The second-order valence-electron chi connectivity index (χ2n) is 5.46. The van der Waals surface area contributed by atoms with Crippen molar-refractivity contribution in [3.05, 3.63) is 17.8 Å². The molecule has 0 saturated heterocycles. The maximum atomic E-state index is 10.9. The van der Waals surface area contributed by atoms with E-state index >= 15 is 0 Å². The summed E-state index contributed by atoms with van der Waals surface area (Å²) in [6.45, 7) is 3.09. The maximum absolute atomic E-state index is 10.9. The molecule has 5 nitrogen and oxygen atoms in total. The highest BCUT2D eigenvalue weighted by Gasteiger charge is 2.19. The number of anilines is 2. The number of pyridine rings is 1. The van der Waals surface area contributed by atoms with Gasteiger partial charge in [-0.15, -0.1) is 0 Å². The van der Waals surface area contributed by atoms with Crippen LogP contribution in [0.15, 0.2) is 12.1 Å². The lowest BCUT2D eigenvalue weighted by molar-refractivity contribution is 0.0690. The van der Waals surface area contributed by atoms with Crippen molar-refractivity contribution in [1.29, 1.82) is 0 Å². The number of hydrogen-bond donors (Lipinski definition) is 3. The largest absolute Gasteiger partial charge is 0.477 e. The Labute approximate surface area is 113 Å². The number of hydrogen-bond acceptors (Lipinski definition) is 4. The van der Waals surface area contributed by atoms with Crippen molar-refractivity contribution < 1.29 is 9.90 Å². The molecule has 1 saturated carbocycles. The van der Waals surface area contributed by atoms with E-state index in [1.54, 1.807) is 6.07 Å². The molecule has 19 heavy (non-hydrogen) atoms. The molecule has 1 heterocycles. The van der Waals surface area contributed by atoms with Gasteiger partial charge in [-0.1, -0.05) is 19.8 Å². The first-order valence-corrected chi connectivity index (χ1v) is 6.80. The van der Waals surface area contributed by atoms with Gasteiger partial charge in [0.2, 0.25) is 0 Å². The quantitative estimate of drug-likeness (QED) is 0.777. The fourth-order valence-corrected chi connectivity index (χ4v) is 2.72. The molecule has 1 aromatic rings. The van der Waals surface area contributed by atoms with E-state index in [0.29, 0.717) is 17.4 Å². The van der Waals surface area contributed by atoms with Gasteiger partial charge in [0.25, 0.3) is 0 Å². The first kappa shape index (κ1) is 13.6. The predicted molar refractivity (Wildman–Crippen MR) is 75.2 cm³/mol. The molecule has 0 aliphatic heterocycles. The molecule has 2 rings (SSSR count). The second-order valence-corrected chi connectivity index (χ2v) is 5.46. The van der Waals surface area contributed by atoms with Crippen LogP contribution >= 0.6 is 0 Å². The van der Waals surface area contributed by atoms with Crippen LogP contribution in [0.4, 0.5) is 11.5 Å². The Morgan fingerprint density at radius 2 is 2.32 bits per heavy atom. The number of carbonyl (C=O) groups is 1. The van der Waals surface area contributed by atoms with Gasteiger partial charge in [0.1, 0.15) is 5.82 Å². The van der Waals surface area contributed by atoms with Crippen LogP contribution in [0.25, 0.3) is 0 Å². The highest BCUT2D eigenvalue weighted by molar-refractivity contribution is 5.86. The predicted octanol–water partition coefficient (Wildman–Crippen LogP) is 2.60. The topological polar surface area (TPSA) is 88.2 Å². The fourth-order valence-electron chi connectivity index (χ4n) is 2.72. The third-order valence-electron chi connectivity index (χ3n) is 3.75. The molecule has 1 aliphatic rings. The normalized spacial score (nSPS) is 23.0. The minimum Gasteiger partial charge on any atom is -0.477 e. The van der Waals surface area contributed by atoms with Crippen LogP contribution in [0.1, 0.15) is 43.1 Å². The van der Waals surface area contributed by atoms with Gasteiger partial charge in [0, 0.05) is 6.54 Å². The zero-order valence-corrected chi connectivity index (χ0v) is 11.2. The Kier molecular flexibility index (Phi) is 4.24. The van der Waals surface area contributed by atoms with E-state index in [-0.39, 0.29) is 5.69 Å². The minimum absolute atomic E-state index is 0.0220. The summed E-state index contributed by atoms with van der Waals surface area (Å²) in [5.74, 6) is 0.849. The number of nitrogens with two attached hydrogens (primary N) is 1. The molecule has 1 aromatic heterocycles. The zero-order valence-electron chi connectivity index (χ0n) is 11.2. The Hall–Kier alpha value is -1.78. The smallest absolute Gasteiger partial charge is 0.354 e. The van der Waals surface area contributed by atoms with Crippen LogP contribution in [0.3, 0.4) is 0 Å². The van der Waals surface area contributed by atoms with Crippen molar-refractivity contribution in [2.24, 2.45) is 11.8 Å². The summed E-state index contributed by atoms with van der Waals surface area (Å²) in [6, 6.07) is 3.01. The van der Waals surface area contributed by atoms with Crippen molar-refractivity contribution >= 4 is 17.5 Å². The molecule has 5 heteroatoms. The first-order chi connectivity index (χ1) is 9.06. The summed E-state index contributed by atoms with van der Waals surface area (Å²) in [5.41, 5.74) is 6.33. The summed E-state index contributed by atoms with van der Waals surface area (Å²) in [5, 5.41) is 12.1. The maximum Gasteiger partial charge on any atom is 0.354 e. The minimum atomic E-state index is -1.03. The number of nitrogens with one attached hydrogen (secondary N) is 1. The fraction of sp³-hybridized carbons (Fsp3) is 0.571. The van der Waals surface area contributed by atoms with E-state index in [0.717, 1.165) is 12.5 Å². The van der Waals surface area contributed by atoms with Gasteiger partial charge in [-0.25, -0.2) is 9.78 Å². The number of aromatic nitrogens is 1. The zero-order chi connectivity index (χ0) is 13.8. The number of rotatable bonds is 4. The lowest BCUT2D eigenvalue weighted by Gasteiger charge is -2.27. The van der Waals surface area contributed by atoms with E-state index in [4.69, 9.17) is 10.8 Å². The van der Waals surface area contributed by atoms with E-state index < -0.39 is 5.97 Å². The van der Waals surface area contributed by atoms with Crippen molar-refractivity contribution in [2.75, 3.05) is 17.6 Å². The van der Waals surface area contributed by atoms with E-state index in [2.05, 4.69) is 17.2 Å². The van der Waals surface area contributed by atoms with Crippen LogP contribution < -0.4 is 11.1 Å². The van der Waals surface area contributed by atoms with Gasteiger partial charge in [-0.3, -0.25) is 0 Å². The van der Waals surface area contributed by atoms with Crippen molar-refractivity contribution in [1.82, 2.24) is 4.98 Å². The molecule has 104 valence electrons. The summed E-state index contributed by atoms with van der Waals surface area (Å²) >= 11 is 0. The Bertz CT molecular complexity index is 462. The lowest BCUT2D eigenvalue weighted by Crippen LogP contribution is -2.22. The Morgan fingerprint density at radius 1 is 1.53 bits per heavy atom. The molecule has 2 atom stereocenters. The average molecular weight is 263 g/mol. The molecule has 0 aromatic carbocycles. The number of aromatic carboxylic acids is 1. The number of nitrogen functional groups attached to an aromatic ring is 1. The molecule has 0 bridgehead atoms. The van der Waals surface area contributed by atoms with Crippen LogP contribution in [0.2, 0.25) is 0 Å². The van der Waals surface area contributed by atoms with Gasteiger partial charge >= 0.3 is 5.97 Å². The third-order valence-corrected chi connectivity index (χ3v) is 3.75. The Morgan fingerprint density at radius 3 is 3.00 bits per heavy atom. The van der Waals surface area contributed by atoms with Gasteiger partial charge in [0.05, 0.1) is 5.69 Å². The van der Waals surface area contributed by atoms with Crippen molar-refractivity contribution in [2.45, 2.75) is 32.6 Å². The van der Waals surface area contributed by atoms with Crippen LogP contribution in [-0.2, 0) is 0 Å². The van der Waals surface area contributed by atoms with E-state index in [9.17, 15) is 4.79 Å². The molecular formula is C14H21N3O2. The number of nitrogens with zero attached hydrogens (tertiary/aromatic N) is 1. The second kappa shape index (κ2) is 5.91. The summed E-state index contributed by atoms with van der Waals surface area (Å²) in [6.07, 6.45) is 5.01. The standard InChI is InChI=1S/C14H21N3O2/c1-9-3-2-4-10(7-9)8-16-13-11(15)5-6-12(17-13)14(18)19/h5-6,9-10H,2-4,7-8,15H2,1H3,(H,16,17)(H,18,19). The monoisotopic (exact) mass is 263 g/mol. The number of carboxylic acids is 1. The average Bonchev–Trinajstić information content (AvgIpc) is 2.37. The molecule has 4 N–H and O–H groups in total. The highest BCUT2D eigenvalue weighted by Crippen LogP contribution is 2.29. The molecule has 2 unspecified atom stereocenters. The van der Waals surface area contributed by atoms with E-state index in [1.807, 2.05) is 0 Å².